The average molecular weight is 305 g/mol. The van der Waals surface area contributed by atoms with E-state index in [1.54, 1.807) is 11.8 Å². The van der Waals surface area contributed by atoms with Crippen molar-refractivity contribution in [2.45, 2.75) is 44.4 Å². The third-order valence-corrected chi connectivity index (χ3v) is 3.90. The molecular formula is C15H23N5S. The lowest BCUT2D eigenvalue weighted by atomic mass is 10.1. The van der Waals surface area contributed by atoms with E-state index in [-0.39, 0.29) is 5.54 Å². The number of nitrogens with zero attached hydrogens (tertiary/aromatic N) is 4. The molecule has 0 amide bonds. The number of tetrazole rings is 1. The largest absolute Gasteiger partial charge is 0.310 e. The molecule has 1 heterocycles. The van der Waals surface area contributed by atoms with Gasteiger partial charge in [0.25, 0.3) is 0 Å². The van der Waals surface area contributed by atoms with Crippen LogP contribution in [0.2, 0.25) is 0 Å². The summed E-state index contributed by atoms with van der Waals surface area (Å²) in [7, 11) is 0. The standard InChI is InChI=1S/C15H23N5S/c1-15(2,3)16-10-11-20-14(17-18-19-20)21-12-9-13-7-5-4-6-8-13/h4-8,16H,9-12H2,1-3H3. The maximum atomic E-state index is 4.10. The molecule has 114 valence electrons. The van der Waals surface area contributed by atoms with Crippen molar-refractivity contribution in [2.75, 3.05) is 12.3 Å². The Bertz CT molecular complexity index is 532. The van der Waals surface area contributed by atoms with Crippen molar-refractivity contribution >= 4 is 11.8 Å². The van der Waals surface area contributed by atoms with Crippen molar-refractivity contribution in [1.29, 1.82) is 0 Å². The lowest BCUT2D eigenvalue weighted by Gasteiger charge is -2.20. The maximum Gasteiger partial charge on any atom is 0.209 e. The first-order chi connectivity index (χ1) is 10.0. The van der Waals surface area contributed by atoms with Crippen LogP contribution in [0.4, 0.5) is 0 Å². The van der Waals surface area contributed by atoms with Gasteiger partial charge in [0.15, 0.2) is 0 Å². The molecule has 6 heteroatoms. The molecule has 0 fully saturated rings. The van der Waals surface area contributed by atoms with Gasteiger partial charge in [-0.25, -0.2) is 4.68 Å². The second-order valence-corrected chi connectivity index (χ2v) is 7.01. The molecule has 5 nitrogen and oxygen atoms in total. The smallest absolute Gasteiger partial charge is 0.209 e. The summed E-state index contributed by atoms with van der Waals surface area (Å²) in [4.78, 5) is 0. The van der Waals surface area contributed by atoms with Gasteiger partial charge in [0.05, 0.1) is 6.54 Å². The number of hydrogen-bond donors (Lipinski definition) is 1. The van der Waals surface area contributed by atoms with Gasteiger partial charge in [0, 0.05) is 17.8 Å². The van der Waals surface area contributed by atoms with Gasteiger partial charge in [-0.15, -0.1) is 5.10 Å². The summed E-state index contributed by atoms with van der Waals surface area (Å²) in [6.07, 6.45) is 1.03. The van der Waals surface area contributed by atoms with E-state index in [2.05, 4.69) is 65.9 Å². The van der Waals surface area contributed by atoms with Crippen LogP contribution in [0, 0.1) is 0 Å². The van der Waals surface area contributed by atoms with Crippen molar-refractivity contribution in [3.63, 3.8) is 0 Å². The number of hydrogen-bond acceptors (Lipinski definition) is 5. The molecule has 0 bridgehead atoms. The summed E-state index contributed by atoms with van der Waals surface area (Å²) in [6, 6.07) is 10.5. The van der Waals surface area contributed by atoms with E-state index in [0.717, 1.165) is 30.4 Å². The van der Waals surface area contributed by atoms with Crippen LogP contribution in [-0.2, 0) is 13.0 Å². The van der Waals surface area contributed by atoms with Crippen LogP contribution in [0.15, 0.2) is 35.5 Å². The number of aryl methyl sites for hydroxylation is 1. The van der Waals surface area contributed by atoms with Gasteiger partial charge in [-0.05, 0) is 43.2 Å². The maximum absolute atomic E-state index is 4.10. The number of aromatic nitrogens is 4. The van der Waals surface area contributed by atoms with Gasteiger partial charge in [-0.2, -0.15) is 0 Å². The Hall–Kier alpha value is -1.40. The van der Waals surface area contributed by atoms with Crippen LogP contribution in [0.1, 0.15) is 26.3 Å². The zero-order valence-corrected chi connectivity index (χ0v) is 13.7. The van der Waals surface area contributed by atoms with Gasteiger partial charge in [-0.3, -0.25) is 0 Å². The first-order valence-corrected chi connectivity index (χ1v) is 8.21. The molecule has 0 saturated heterocycles. The van der Waals surface area contributed by atoms with E-state index < -0.39 is 0 Å². The molecule has 0 saturated carbocycles. The summed E-state index contributed by atoms with van der Waals surface area (Å²) < 4.78 is 1.87. The Morgan fingerprint density at radius 1 is 1.19 bits per heavy atom. The zero-order chi connectivity index (χ0) is 15.1. The SMILES string of the molecule is CC(C)(C)NCCn1nnnc1SCCc1ccccc1. The van der Waals surface area contributed by atoms with Gasteiger partial charge in [0.1, 0.15) is 0 Å². The van der Waals surface area contributed by atoms with Crippen molar-refractivity contribution in [1.82, 2.24) is 25.5 Å². The van der Waals surface area contributed by atoms with Crippen LogP contribution in [0.3, 0.4) is 0 Å². The summed E-state index contributed by atoms with van der Waals surface area (Å²) in [5, 5.41) is 16.3. The predicted molar refractivity (Wildman–Crippen MR) is 86.4 cm³/mol. The van der Waals surface area contributed by atoms with Crippen molar-refractivity contribution in [3.05, 3.63) is 35.9 Å². The van der Waals surface area contributed by atoms with Crippen LogP contribution in [-0.4, -0.2) is 38.0 Å². The Morgan fingerprint density at radius 2 is 1.95 bits per heavy atom. The summed E-state index contributed by atoms with van der Waals surface area (Å²) in [5.74, 6) is 0.983. The zero-order valence-electron chi connectivity index (χ0n) is 12.9. The Labute approximate surface area is 130 Å². The molecule has 0 aliphatic carbocycles. The highest BCUT2D eigenvalue weighted by Gasteiger charge is 2.10. The first kappa shape index (κ1) is 16.0. The quantitative estimate of drug-likeness (QED) is 0.796. The van der Waals surface area contributed by atoms with E-state index >= 15 is 0 Å². The molecule has 0 aliphatic heterocycles. The van der Waals surface area contributed by atoms with Crippen molar-refractivity contribution in [2.24, 2.45) is 0 Å². The van der Waals surface area contributed by atoms with Gasteiger partial charge in [0.2, 0.25) is 5.16 Å². The third-order valence-electron chi connectivity index (χ3n) is 2.94. The fraction of sp³-hybridized carbons (Fsp3) is 0.533. The molecule has 0 aliphatic rings. The average Bonchev–Trinajstić information content (AvgIpc) is 2.86. The Kier molecular flexibility index (Phi) is 5.76. The molecule has 1 N–H and O–H groups in total. The fourth-order valence-corrected chi connectivity index (χ4v) is 2.77. The van der Waals surface area contributed by atoms with Gasteiger partial charge in [-0.1, -0.05) is 42.1 Å². The molecule has 0 unspecified atom stereocenters. The molecule has 21 heavy (non-hydrogen) atoms. The Balaban J connectivity index is 1.78. The van der Waals surface area contributed by atoms with E-state index in [1.807, 2.05) is 10.7 Å². The molecule has 2 rings (SSSR count). The third kappa shape index (κ3) is 5.85. The first-order valence-electron chi connectivity index (χ1n) is 7.22. The second kappa shape index (κ2) is 7.56. The van der Waals surface area contributed by atoms with Crippen LogP contribution in [0.25, 0.3) is 0 Å². The minimum atomic E-state index is 0.120. The topological polar surface area (TPSA) is 55.6 Å². The van der Waals surface area contributed by atoms with E-state index in [9.17, 15) is 0 Å². The lowest BCUT2D eigenvalue weighted by molar-refractivity contribution is 0.396. The van der Waals surface area contributed by atoms with Crippen molar-refractivity contribution in [3.8, 4) is 0 Å². The summed E-state index contributed by atoms with van der Waals surface area (Å²) in [6.45, 7) is 8.12. The Morgan fingerprint density at radius 3 is 2.67 bits per heavy atom. The monoisotopic (exact) mass is 305 g/mol. The van der Waals surface area contributed by atoms with Gasteiger partial charge >= 0.3 is 0 Å². The number of thioether (sulfide) groups is 1. The molecule has 1 aromatic heterocycles. The van der Waals surface area contributed by atoms with Crippen LogP contribution in [0.5, 0.6) is 0 Å². The highest BCUT2D eigenvalue weighted by molar-refractivity contribution is 7.99. The normalized spacial score (nSPS) is 11.8. The molecule has 1 aromatic carbocycles. The highest BCUT2D eigenvalue weighted by atomic mass is 32.2. The summed E-state index contributed by atoms with van der Waals surface area (Å²) >= 11 is 1.71. The lowest BCUT2D eigenvalue weighted by Crippen LogP contribution is -2.38. The highest BCUT2D eigenvalue weighted by Crippen LogP contribution is 2.15. The molecule has 0 spiro atoms. The minimum Gasteiger partial charge on any atom is -0.310 e. The fourth-order valence-electron chi connectivity index (χ4n) is 1.88. The molecule has 0 radical (unpaired) electrons. The van der Waals surface area contributed by atoms with E-state index in [0.29, 0.717) is 0 Å². The number of rotatable bonds is 7. The van der Waals surface area contributed by atoms with Crippen molar-refractivity contribution < 1.29 is 0 Å². The predicted octanol–water partition coefficient (Wildman–Crippen LogP) is 2.40. The number of nitrogens with one attached hydrogen (secondary N) is 1. The minimum absolute atomic E-state index is 0.120. The summed E-state index contributed by atoms with van der Waals surface area (Å²) in [5.41, 5.74) is 1.47. The molecule has 0 atom stereocenters. The molecular weight excluding hydrogens is 282 g/mol. The van der Waals surface area contributed by atoms with E-state index in [1.165, 1.54) is 5.56 Å². The molecule has 2 aromatic rings. The van der Waals surface area contributed by atoms with E-state index in [4.69, 9.17) is 0 Å². The van der Waals surface area contributed by atoms with Gasteiger partial charge < -0.3 is 5.32 Å². The number of benzene rings is 1. The van der Waals surface area contributed by atoms with Crippen LogP contribution >= 0.6 is 11.8 Å². The second-order valence-electron chi connectivity index (χ2n) is 5.95. The van der Waals surface area contributed by atoms with Crippen LogP contribution < -0.4 is 5.32 Å².